The Morgan fingerprint density at radius 3 is 2.28 bits per heavy atom. The summed E-state index contributed by atoms with van der Waals surface area (Å²) in [5.74, 6) is 0.0327. The SMILES string of the molecule is CN(CC(C)(C)CN)S(=O)(=O)Cc1ccccc1. The molecular formula is C13H22N2O2S. The van der Waals surface area contributed by atoms with Crippen LogP contribution in [0.15, 0.2) is 30.3 Å². The summed E-state index contributed by atoms with van der Waals surface area (Å²) in [5.41, 5.74) is 6.22. The van der Waals surface area contributed by atoms with Gasteiger partial charge in [0.25, 0.3) is 0 Å². The molecule has 1 rings (SSSR count). The zero-order valence-electron chi connectivity index (χ0n) is 11.3. The van der Waals surface area contributed by atoms with Gasteiger partial charge in [-0.15, -0.1) is 0 Å². The van der Waals surface area contributed by atoms with Gasteiger partial charge in [0.15, 0.2) is 0 Å². The molecule has 18 heavy (non-hydrogen) atoms. The molecule has 5 heteroatoms. The predicted molar refractivity (Wildman–Crippen MR) is 74.5 cm³/mol. The molecule has 0 aromatic heterocycles. The number of hydrogen-bond acceptors (Lipinski definition) is 3. The summed E-state index contributed by atoms with van der Waals surface area (Å²) in [7, 11) is -1.67. The van der Waals surface area contributed by atoms with Crippen molar-refractivity contribution in [2.45, 2.75) is 19.6 Å². The van der Waals surface area contributed by atoms with E-state index in [1.807, 2.05) is 44.2 Å². The zero-order valence-corrected chi connectivity index (χ0v) is 12.1. The van der Waals surface area contributed by atoms with Crippen LogP contribution in [0.1, 0.15) is 19.4 Å². The molecule has 0 fully saturated rings. The van der Waals surface area contributed by atoms with Crippen molar-refractivity contribution in [2.24, 2.45) is 11.1 Å². The van der Waals surface area contributed by atoms with Crippen LogP contribution in [0.25, 0.3) is 0 Å². The highest BCUT2D eigenvalue weighted by molar-refractivity contribution is 7.88. The Labute approximate surface area is 110 Å². The van der Waals surface area contributed by atoms with E-state index < -0.39 is 10.0 Å². The van der Waals surface area contributed by atoms with Crippen LogP contribution in [0.2, 0.25) is 0 Å². The molecule has 0 saturated heterocycles. The predicted octanol–water partition coefficient (Wildman–Crippen LogP) is 1.43. The van der Waals surface area contributed by atoms with E-state index in [1.54, 1.807) is 7.05 Å². The van der Waals surface area contributed by atoms with E-state index in [0.717, 1.165) is 5.56 Å². The van der Waals surface area contributed by atoms with Crippen molar-refractivity contribution in [3.8, 4) is 0 Å². The van der Waals surface area contributed by atoms with Crippen LogP contribution >= 0.6 is 0 Å². The molecule has 0 amide bonds. The van der Waals surface area contributed by atoms with Crippen LogP contribution in [-0.2, 0) is 15.8 Å². The van der Waals surface area contributed by atoms with Gasteiger partial charge in [-0.3, -0.25) is 0 Å². The van der Waals surface area contributed by atoms with Gasteiger partial charge in [-0.1, -0.05) is 44.2 Å². The Morgan fingerprint density at radius 1 is 1.22 bits per heavy atom. The van der Waals surface area contributed by atoms with Gasteiger partial charge in [-0.25, -0.2) is 12.7 Å². The zero-order chi connectivity index (χ0) is 13.8. The van der Waals surface area contributed by atoms with E-state index in [2.05, 4.69) is 0 Å². The van der Waals surface area contributed by atoms with E-state index in [-0.39, 0.29) is 11.2 Å². The molecule has 0 aliphatic rings. The van der Waals surface area contributed by atoms with Crippen molar-refractivity contribution >= 4 is 10.0 Å². The minimum absolute atomic E-state index is 0.0327. The molecule has 0 atom stereocenters. The topological polar surface area (TPSA) is 63.4 Å². The van der Waals surface area contributed by atoms with Gasteiger partial charge >= 0.3 is 0 Å². The second-order valence-corrected chi connectivity index (χ2v) is 7.44. The highest BCUT2D eigenvalue weighted by atomic mass is 32.2. The molecule has 1 aromatic rings. The highest BCUT2D eigenvalue weighted by Crippen LogP contribution is 2.18. The van der Waals surface area contributed by atoms with Crippen LogP contribution < -0.4 is 5.73 Å². The molecule has 4 nitrogen and oxygen atoms in total. The first-order valence-corrected chi connectivity index (χ1v) is 7.56. The van der Waals surface area contributed by atoms with Crippen molar-refractivity contribution in [3.05, 3.63) is 35.9 Å². The minimum Gasteiger partial charge on any atom is -0.330 e. The fourth-order valence-electron chi connectivity index (χ4n) is 1.66. The van der Waals surface area contributed by atoms with Gasteiger partial charge < -0.3 is 5.73 Å². The van der Waals surface area contributed by atoms with E-state index in [1.165, 1.54) is 4.31 Å². The summed E-state index contributed by atoms with van der Waals surface area (Å²) in [5, 5.41) is 0. The third-order valence-corrected chi connectivity index (χ3v) is 4.65. The van der Waals surface area contributed by atoms with Crippen molar-refractivity contribution < 1.29 is 8.42 Å². The average molecular weight is 270 g/mol. The molecule has 0 spiro atoms. The lowest BCUT2D eigenvalue weighted by atomic mass is 9.94. The summed E-state index contributed by atoms with van der Waals surface area (Å²) in [6, 6.07) is 9.19. The number of benzene rings is 1. The monoisotopic (exact) mass is 270 g/mol. The maximum Gasteiger partial charge on any atom is 0.218 e. The molecule has 2 N–H and O–H groups in total. The maximum absolute atomic E-state index is 12.2. The van der Waals surface area contributed by atoms with Crippen LogP contribution in [-0.4, -0.2) is 32.9 Å². The van der Waals surface area contributed by atoms with Crippen LogP contribution in [0, 0.1) is 5.41 Å². The summed E-state index contributed by atoms with van der Waals surface area (Å²) < 4.78 is 25.8. The summed E-state index contributed by atoms with van der Waals surface area (Å²) in [6.45, 7) is 4.81. The fourth-order valence-corrected chi connectivity index (χ4v) is 3.04. The van der Waals surface area contributed by atoms with Crippen LogP contribution in [0.4, 0.5) is 0 Å². The molecule has 0 bridgehead atoms. The van der Waals surface area contributed by atoms with Crippen molar-refractivity contribution in [1.82, 2.24) is 4.31 Å². The second kappa shape index (κ2) is 5.82. The highest BCUT2D eigenvalue weighted by Gasteiger charge is 2.25. The molecule has 0 heterocycles. The number of hydrogen-bond donors (Lipinski definition) is 1. The van der Waals surface area contributed by atoms with Gasteiger partial charge in [0.05, 0.1) is 5.75 Å². The number of nitrogens with two attached hydrogens (primary N) is 1. The van der Waals surface area contributed by atoms with Gasteiger partial charge in [-0.05, 0) is 17.5 Å². The molecule has 0 aliphatic heterocycles. The first-order valence-electron chi connectivity index (χ1n) is 5.95. The largest absolute Gasteiger partial charge is 0.330 e. The third kappa shape index (κ3) is 4.40. The lowest BCUT2D eigenvalue weighted by molar-refractivity contribution is 0.291. The van der Waals surface area contributed by atoms with E-state index >= 15 is 0 Å². The van der Waals surface area contributed by atoms with Gasteiger partial charge in [-0.2, -0.15) is 0 Å². The molecule has 0 unspecified atom stereocenters. The molecule has 102 valence electrons. The number of nitrogens with zero attached hydrogens (tertiary/aromatic N) is 1. The molecule has 0 saturated carbocycles. The van der Waals surface area contributed by atoms with Crippen LogP contribution in [0.5, 0.6) is 0 Å². The smallest absolute Gasteiger partial charge is 0.218 e. The quantitative estimate of drug-likeness (QED) is 0.850. The maximum atomic E-state index is 12.2. The Bertz CT molecular complexity index is 469. The Kier molecular flexibility index (Phi) is 4.90. The minimum atomic E-state index is -3.28. The van der Waals surface area contributed by atoms with Crippen molar-refractivity contribution in [2.75, 3.05) is 20.1 Å². The summed E-state index contributed by atoms with van der Waals surface area (Å²) in [4.78, 5) is 0. The number of rotatable bonds is 6. The molecule has 1 aromatic carbocycles. The van der Waals surface area contributed by atoms with Crippen LogP contribution in [0.3, 0.4) is 0 Å². The Balaban J connectivity index is 2.75. The van der Waals surface area contributed by atoms with E-state index in [0.29, 0.717) is 13.1 Å². The van der Waals surface area contributed by atoms with E-state index in [9.17, 15) is 8.42 Å². The number of sulfonamides is 1. The van der Waals surface area contributed by atoms with Crippen molar-refractivity contribution in [1.29, 1.82) is 0 Å². The van der Waals surface area contributed by atoms with Crippen molar-refractivity contribution in [3.63, 3.8) is 0 Å². The Hall–Kier alpha value is -0.910. The second-order valence-electron chi connectivity index (χ2n) is 5.37. The Morgan fingerprint density at radius 2 is 1.78 bits per heavy atom. The summed E-state index contributed by atoms with van der Waals surface area (Å²) >= 11 is 0. The van der Waals surface area contributed by atoms with Gasteiger partial charge in [0.2, 0.25) is 10.0 Å². The van der Waals surface area contributed by atoms with Gasteiger partial charge in [0.1, 0.15) is 0 Å². The third-order valence-electron chi connectivity index (χ3n) is 2.87. The molecule has 0 aliphatic carbocycles. The first-order chi connectivity index (χ1) is 8.27. The standard InChI is InChI=1S/C13H22N2O2S/c1-13(2,10-14)11-15(3)18(16,17)9-12-7-5-4-6-8-12/h4-8H,9-11,14H2,1-3H3. The fraction of sp³-hybridized carbons (Fsp3) is 0.538. The van der Waals surface area contributed by atoms with E-state index in [4.69, 9.17) is 5.73 Å². The summed E-state index contributed by atoms with van der Waals surface area (Å²) in [6.07, 6.45) is 0. The first kappa shape index (κ1) is 15.1. The molecule has 0 radical (unpaired) electrons. The average Bonchev–Trinajstić information content (AvgIpc) is 2.29. The lowest BCUT2D eigenvalue weighted by Crippen LogP contribution is -2.40. The normalized spacial score (nSPS) is 12.9. The molecular weight excluding hydrogens is 248 g/mol. The lowest BCUT2D eigenvalue weighted by Gasteiger charge is -2.28. The van der Waals surface area contributed by atoms with Gasteiger partial charge in [0, 0.05) is 13.6 Å².